The molecule has 0 aliphatic heterocycles. The molecule has 0 radical (unpaired) electrons. The molecule has 3 nitrogen and oxygen atoms in total. The summed E-state index contributed by atoms with van der Waals surface area (Å²) in [4.78, 5) is 19.6. The highest BCUT2D eigenvalue weighted by molar-refractivity contribution is 6.66. The number of ether oxygens (including phenoxy) is 1. The molecular weight excluding hydrogens is 244 g/mol. The van der Waals surface area contributed by atoms with E-state index in [2.05, 4.69) is 13.8 Å². The van der Waals surface area contributed by atoms with Gasteiger partial charge in [0, 0.05) is 13.2 Å². The highest BCUT2D eigenvalue weighted by atomic mass is 28.4. The summed E-state index contributed by atoms with van der Waals surface area (Å²) in [5, 5.41) is 0. The molecule has 0 spiro atoms. The SMILES string of the molecule is CC(C)CCOCCCCCC[Si](O)(O)C(C)C. The molecule has 18 heavy (non-hydrogen) atoms. The molecule has 0 aromatic heterocycles. The van der Waals surface area contributed by atoms with E-state index in [0.29, 0.717) is 12.0 Å². The van der Waals surface area contributed by atoms with Gasteiger partial charge < -0.3 is 14.3 Å². The lowest BCUT2D eigenvalue weighted by Gasteiger charge is -2.21. The Balaban J connectivity index is 3.26. The largest absolute Gasteiger partial charge is 0.410 e. The summed E-state index contributed by atoms with van der Waals surface area (Å²) >= 11 is 0. The van der Waals surface area contributed by atoms with Gasteiger partial charge in [-0.05, 0) is 30.3 Å². The summed E-state index contributed by atoms with van der Waals surface area (Å²) in [7, 11) is -2.91. The number of unbranched alkanes of at least 4 members (excludes halogenated alkanes) is 3. The fraction of sp³-hybridized carbons (Fsp3) is 1.00. The van der Waals surface area contributed by atoms with Gasteiger partial charge in [0.05, 0.1) is 0 Å². The molecule has 0 rings (SSSR count). The molecule has 0 aromatic rings. The van der Waals surface area contributed by atoms with E-state index in [1.807, 2.05) is 13.8 Å². The molecule has 0 bridgehead atoms. The van der Waals surface area contributed by atoms with Crippen molar-refractivity contribution in [3.8, 4) is 0 Å². The summed E-state index contributed by atoms with van der Waals surface area (Å²) in [6.45, 7) is 9.92. The van der Waals surface area contributed by atoms with Crippen LogP contribution in [0.1, 0.15) is 59.8 Å². The monoisotopic (exact) mass is 276 g/mol. The lowest BCUT2D eigenvalue weighted by Crippen LogP contribution is -2.37. The van der Waals surface area contributed by atoms with Crippen molar-refractivity contribution >= 4 is 8.56 Å². The van der Waals surface area contributed by atoms with Gasteiger partial charge in [0.15, 0.2) is 0 Å². The van der Waals surface area contributed by atoms with Gasteiger partial charge in [-0.1, -0.05) is 47.0 Å². The van der Waals surface area contributed by atoms with E-state index in [1.165, 1.54) is 0 Å². The van der Waals surface area contributed by atoms with Gasteiger partial charge in [0.2, 0.25) is 0 Å². The first kappa shape index (κ1) is 18.1. The van der Waals surface area contributed by atoms with Crippen molar-refractivity contribution in [3.63, 3.8) is 0 Å². The molecule has 0 amide bonds. The molecule has 110 valence electrons. The third-order valence-corrected chi connectivity index (χ3v) is 6.29. The average Bonchev–Trinajstić information content (AvgIpc) is 2.26. The van der Waals surface area contributed by atoms with E-state index in [9.17, 15) is 9.59 Å². The summed E-state index contributed by atoms with van der Waals surface area (Å²) in [6, 6.07) is 0.610. The van der Waals surface area contributed by atoms with E-state index in [0.717, 1.165) is 45.3 Å². The van der Waals surface area contributed by atoms with Gasteiger partial charge in [0.1, 0.15) is 0 Å². The summed E-state index contributed by atoms with van der Waals surface area (Å²) in [5.41, 5.74) is 0.0388. The minimum absolute atomic E-state index is 0.0388. The third-order valence-electron chi connectivity index (χ3n) is 3.35. The van der Waals surface area contributed by atoms with Crippen molar-refractivity contribution in [1.29, 1.82) is 0 Å². The Morgan fingerprint density at radius 3 is 2.06 bits per heavy atom. The molecule has 0 aromatic carbocycles. The first-order valence-corrected chi connectivity index (χ1v) is 9.56. The maximum Gasteiger partial charge on any atom is 0.335 e. The van der Waals surface area contributed by atoms with Crippen LogP contribution in [0.3, 0.4) is 0 Å². The smallest absolute Gasteiger partial charge is 0.335 e. The Hall–Kier alpha value is 0.0969. The summed E-state index contributed by atoms with van der Waals surface area (Å²) in [5.74, 6) is 0.716. The molecule has 0 atom stereocenters. The van der Waals surface area contributed by atoms with Gasteiger partial charge in [0.25, 0.3) is 0 Å². The van der Waals surface area contributed by atoms with Crippen molar-refractivity contribution in [3.05, 3.63) is 0 Å². The van der Waals surface area contributed by atoms with Gasteiger partial charge in [-0.25, -0.2) is 0 Å². The molecule has 0 saturated heterocycles. The van der Waals surface area contributed by atoms with Crippen LogP contribution in [0.4, 0.5) is 0 Å². The molecule has 0 unspecified atom stereocenters. The van der Waals surface area contributed by atoms with E-state index in [4.69, 9.17) is 4.74 Å². The Bertz CT molecular complexity index is 193. The molecule has 4 heteroatoms. The predicted octanol–water partition coefficient (Wildman–Crippen LogP) is 3.45. The molecule has 0 saturated carbocycles. The quantitative estimate of drug-likeness (QED) is 0.449. The Morgan fingerprint density at radius 2 is 1.50 bits per heavy atom. The van der Waals surface area contributed by atoms with Crippen molar-refractivity contribution in [2.75, 3.05) is 13.2 Å². The van der Waals surface area contributed by atoms with Gasteiger partial charge in [-0.15, -0.1) is 0 Å². The first-order valence-electron chi connectivity index (χ1n) is 7.38. The zero-order valence-electron chi connectivity index (χ0n) is 12.6. The zero-order valence-corrected chi connectivity index (χ0v) is 13.6. The second-order valence-corrected chi connectivity index (χ2v) is 9.40. The van der Waals surface area contributed by atoms with E-state index in [1.54, 1.807) is 0 Å². The van der Waals surface area contributed by atoms with E-state index in [-0.39, 0.29) is 5.54 Å². The molecule has 0 heterocycles. The first-order chi connectivity index (χ1) is 8.36. The standard InChI is InChI=1S/C14H32O3Si/c1-13(2)9-11-17-10-7-5-6-8-12-18(15,16)14(3)4/h13-16H,5-12H2,1-4H3. The summed E-state index contributed by atoms with van der Waals surface area (Å²) < 4.78 is 5.54. The van der Waals surface area contributed by atoms with E-state index < -0.39 is 8.56 Å². The third kappa shape index (κ3) is 10.1. The topological polar surface area (TPSA) is 49.7 Å². The van der Waals surface area contributed by atoms with Crippen LogP contribution in [-0.4, -0.2) is 31.4 Å². The normalized spacial score (nSPS) is 12.7. The van der Waals surface area contributed by atoms with Gasteiger partial charge in [-0.2, -0.15) is 0 Å². The second kappa shape index (κ2) is 9.95. The molecular formula is C14H32O3Si. The minimum Gasteiger partial charge on any atom is -0.410 e. The molecule has 0 aliphatic carbocycles. The fourth-order valence-electron chi connectivity index (χ4n) is 1.65. The molecule has 2 N–H and O–H groups in total. The Kier molecular flexibility index (Phi) is 10.0. The average molecular weight is 276 g/mol. The van der Waals surface area contributed by atoms with Gasteiger partial charge in [-0.3, -0.25) is 0 Å². The lowest BCUT2D eigenvalue weighted by molar-refractivity contribution is 0.119. The highest BCUT2D eigenvalue weighted by Gasteiger charge is 2.32. The Labute approximate surface area is 114 Å². The maximum atomic E-state index is 9.79. The van der Waals surface area contributed by atoms with Crippen LogP contribution in [0.2, 0.25) is 11.6 Å². The van der Waals surface area contributed by atoms with Crippen LogP contribution in [-0.2, 0) is 4.74 Å². The van der Waals surface area contributed by atoms with Crippen LogP contribution in [0.5, 0.6) is 0 Å². The predicted molar refractivity (Wildman–Crippen MR) is 78.8 cm³/mol. The molecule has 0 aliphatic rings. The van der Waals surface area contributed by atoms with E-state index >= 15 is 0 Å². The van der Waals surface area contributed by atoms with Crippen LogP contribution >= 0.6 is 0 Å². The lowest BCUT2D eigenvalue weighted by atomic mass is 10.1. The fourth-order valence-corrected chi connectivity index (χ4v) is 3.00. The number of hydrogen-bond acceptors (Lipinski definition) is 3. The molecule has 0 fully saturated rings. The van der Waals surface area contributed by atoms with Crippen molar-refractivity contribution in [2.45, 2.75) is 71.4 Å². The number of hydrogen-bond donors (Lipinski definition) is 2. The van der Waals surface area contributed by atoms with Crippen molar-refractivity contribution in [1.82, 2.24) is 0 Å². The van der Waals surface area contributed by atoms with Crippen molar-refractivity contribution in [2.24, 2.45) is 5.92 Å². The van der Waals surface area contributed by atoms with Crippen LogP contribution < -0.4 is 0 Å². The minimum atomic E-state index is -2.91. The van der Waals surface area contributed by atoms with Crippen LogP contribution in [0.25, 0.3) is 0 Å². The highest BCUT2D eigenvalue weighted by Crippen LogP contribution is 2.21. The van der Waals surface area contributed by atoms with Crippen LogP contribution in [0, 0.1) is 5.92 Å². The number of rotatable bonds is 11. The second-order valence-electron chi connectivity index (χ2n) is 5.99. The maximum absolute atomic E-state index is 9.79. The van der Waals surface area contributed by atoms with Crippen LogP contribution in [0.15, 0.2) is 0 Å². The van der Waals surface area contributed by atoms with Crippen molar-refractivity contribution < 1.29 is 14.3 Å². The Morgan fingerprint density at radius 1 is 0.889 bits per heavy atom. The van der Waals surface area contributed by atoms with Gasteiger partial charge >= 0.3 is 8.56 Å². The zero-order chi connectivity index (χ0) is 14.0. The summed E-state index contributed by atoms with van der Waals surface area (Å²) in [6.07, 6.45) is 5.37.